The van der Waals surface area contributed by atoms with Crippen LogP contribution in [0.4, 0.5) is 4.39 Å². The zero-order chi connectivity index (χ0) is 15.1. The second-order valence-electron chi connectivity index (χ2n) is 4.47. The van der Waals surface area contributed by atoms with Gasteiger partial charge < -0.3 is 15.2 Å². The predicted octanol–water partition coefficient (Wildman–Crippen LogP) is 1.42. The first-order chi connectivity index (χ1) is 10.2. The quantitative estimate of drug-likeness (QED) is 0.644. The molecule has 0 radical (unpaired) electrons. The van der Waals surface area contributed by atoms with E-state index >= 15 is 0 Å². The Bertz CT molecular complexity index is 611. The average Bonchev–Trinajstić information content (AvgIpc) is 2.88. The lowest BCUT2D eigenvalue weighted by Gasteiger charge is -2.11. The molecular weight excluding hydrogens is 273 g/mol. The second-order valence-corrected chi connectivity index (χ2v) is 4.47. The Morgan fingerprint density at radius 1 is 1.38 bits per heavy atom. The van der Waals surface area contributed by atoms with Gasteiger partial charge in [0, 0.05) is 26.6 Å². The first kappa shape index (κ1) is 15.0. The molecule has 0 atom stereocenters. The Hall–Kier alpha value is -2.44. The fourth-order valence-corrected chi connectivity index (χ4v) is 1.78. The topological polar surface area (TPSA) is 75.3 Å². The smallest absolute Gasteiger partial charge is 0.228 e. The lowest BCUT2D eigenvalue weighted by Crippen LogP contribution is -2.37. The highest BCUT2D eigenvalue weighted by Crippen LogP contribution is 2.02. The molecule has 0 amide bonds. The fourth-order valence-electron chi connectivity index (χ4n) is 1.78. The van der Waals surface area contributed by atoms with Crippen LogP contribution in [0, 0.1) is 12.7 Å². The van der Waals surface area contributed by atoms with Gasteiger partial charge in [0.2, 0.25) is 5.89 Å². The third-order valence-corrected chi connectivity index (χ3v) is 2.77. The molecule has 2 N–H and O–H groups in total. The van der Waals surface area contributed by atoms with E-state index in [4.69, 9.17) is 4.52 Å². The molecular formula is C14H18FN5O. The number of rotatable bonds is 5. The first-order valence-electron chi connectivity index (χ1n) is 6.65. The minimum Gasteiger partial charge on any atom is -0.356 e. The number of nitrogens with zero attached hydrogens (tertiary/aromatic N) is 3. The van der Waals surface area contributed by atoms with Crippen molar-refractivity contribution in [3.8, 4) is 0 Å². The summed E-state index contributed by atoms with van der Waals surface area (Å²) in [5.74, 6) is 1.60. The second kappa shape index (κ2) is 7.37. The third-order valence-electron chi connectivity index (χ3n) is 2.77. The fraction of sp³-hybridized carbons (Fsp3) is 0.357. The van der Waals surface area contributed by atoms with Gasteiger partial charge in [0.05, 0.1) is 0 Å². The Morgan fingerprint density at radius 2 is 2.24 bits per heavy atom. The van der Waals surface area contributed by atoms with Gasteiger partial charge in [-0.1, -0.05) is 17.3 Å². The molecule has 0 aliphatic rings. The molecule has 0 bridgehead atoms. The largest absolute Gasteiger partial charge is 0.356 e. The number of halogens is 1. The summed E-state index contributed by atoms with van der Waals surface area (Å²) in [5.41, 5.74) is 0.852. The standard InChI is InChI=1S/C14H18FN5O/c1-10-19-13(21-20-10)6-7-17-14(16-2)18-9-11-4-3-5-12(15)8-11/h3-5,8H,6-7,9H2,1-2H3,(H2,16,17,18). The molecule has 0 aliphatic carbocycles. The van der Waals surface area contributed by atoms with E-state index in [1.54, 1.807) is 20.0 Å². The number of guanidine groups is 1. The Labute approximate surface area is 122 Å². The van der Waals surface area contributed by atoms with E-state index in [0.29, 0.717) is 37.2 Å². The Morgan fingerprint density at radius 3 is 2.90 bits per heavy atom. The van der Waals surface area contributed by atoms with Gasteiger partial charge in [-0.25, -0.2) is 4.39 Å². The van der Waals surface area contributed by atoms with Gasteiger partial charge in [-0.15, -0.1) is 0 Å². The average molecular weight is 291 g/mol. The highest BCUT2D eigenvalue weighted by atomic mass is 19.1. The number of aromatic nitrogens is 2. The maximum absolute atomic E-state index is 13.1. The molecule has 21 heavy (non-hydrogen) atoms. The highest BCUT2D eigenvalue weighted by Gasteiger charge is 2.03. The van der Waals surface area contributed by atoms with E-state index in [9.17, 15) is 4.39 Å². The summed E-state index contributed by atoms with van der Waals surface area (Å²) in [5, 5.41) is 9.96. The van der Waals surface area contributed by atoms with E-state index < -0.39 is 0 Å². The third kappa shape index (κ3) is 4.87. The molecule has 0 spiro atoms. The molecule has 0 unspecified atom stereocenters. The summed E-state index contributed by atoms with van der Waals surface area (Å²) in [6.45, 7) is 2.89. The monoisotopic (exact) mass is 291 g/mol. The molecule has 7 heteroatoms. The van der Waals surface area contributed by atoms with Crippen molar-refractivity contribution in [2.45, 2.75) is 19.9 Å². The predicted molar refractivity (Wildman–Crippen MR) is 77.3 cm³/mol. The molecule has 1 aromatic carbocycles. The number of aryl methyl sites for hydroxylation is 1. The minimum atomic E-state index is -0.246. The molecule has 6 nitrogen and oxygen atoms in total. The zero-order valence-electron chi connectivity index (χ0n) is 12.1. The molecule has 0 aliphatic heterocycles. The lowest BCUT2D eigenvalue weighted by atomic mass is 10.2. The van der Waals surface area contributed by atoms with Crippen LogP contribution in [0.1, 0.15) is 17.3 Å². The van der Waals surface area contributed by atoms with Crippen LogP contribution in [0.15, 0.2) is 33.8 Å². The van der Waals surface area contributed by atoms with E-state index in [1.165, 1.54) is 12.1 Å². The van der Waals surface area contributed by atoms with Gasteiger partial charge >= 0.3 is 0 Å². The van der Waals surface area contributed by atoms with Crippen LogP contribution in [0.5, 0.6) is 0 Å². The number of hydrogen-bond acceptors (Lipinski definition) is 4. The molecule has 0 saturated carbocycles. The van der Waals surface area contributed by atoms with Crippen molar-refractivity contribution in [3.05, 3.63) is 47.4 Å². The van der Waals surface area contributed by atoms with Gasteiger partial charge in [-0.2, -0.15) is 4.98 Å². The molecule has 2 rings (SSSR count). The van der Waals surface area contributed by atoms with Crippen molar-refractivity contribution in [2.24, 2.45) is 4.99 Å². The highest BCUT2D eigenvalue weighted by molar-refractivity contribution is 5.79. The normalized spacial score (nSPS) is 11.5. The van der Waals surface area contributed by atoms with Crippen molar-refractivity contribution in [1.29, 1.82) is 0 Å². The van der Waals surface area contributed by atoms with Crippen molar-refractivity contribution in [3.63, 3.8) is 0 Å². The van der Waals surface area contributed by atoms with E-state index in [-0.39, 0.29) is 5.82 Å². The van der Waals surface area contributed by atoms with Crippen LogP contribution in [0.25, 0.3) is 0 Å². The van der Waals surface area contributed by atoms with Crippen molar-refractivity contribution < 1.29 is 8.91 Å². The van der Waals surface area contributed by atoms with Gasteiger partial charge in [-0.05, 0) is 24.6 Å². The van der Waals surface area contributed by atoms with Crippen LogP contribution < -0.4 is 10.6 Å². The number of benzene rings is 1. The van der Waals surface area contributed by atoms with Crippen LogP contribution >= 0.6 is 0 Å². The summed E-state index contributed by atoms with van der Waals surface area (Å²) in [6.07, 6.45) is 0.613. The van der Waals surface area contributed by atoms with E-state index in [0.717, 1.165) is 5.56 Å². The van der Waals surface area contributed by atoms with Crippen LogP contribution in [-0.2, 0) is 13.0 Å². The number of aliphatic imine (C=N–C) groups is 1. The lowest BCUT2D eigenvalue weighted by molar-refractivity contribution is 0.374. The molecule has 1 aromatic heterocycles. The number of hydrogen-bond donors (Lipinski definition) is 2. The summed E-state index contributed by atoms with van der Waals surface area (Å²) in [4.78, 5) is 8.21. The molecule has 0 saturated heterocycles. The van der Waals surface area contributed by atoms with Gasteiger partial charge in [0.15, 0.2) is 11.8 Å². The van der Waals surface area contributed by atoms with Crippen LogP contribution in [-0.4, -0.2) is 29.7 Å². The summed E-state index contributed by atoms with van der Waals surface area (Å²) in [6, 6.07) is 6.44. The molecule has 112 valence electrons. The number of nitrogens with one attached hydrogen (secondary N) is 2. The maximum Gasteiger partial charge on any atom is 0.228 e. The molecule has 0 fully saturated rings. The van der Waals surface area contributed by atoms with E-state index in [2.05, 4.69) is 25.8 Å². The van der Waals surface area contributed by atoms with Crippen molar-refractivity contribution in [2.75, 3.05) is 13.6 Å². The van der Waals surface area contributed by atoms with Crippen LogP contribution in [0.2, 0.25) is 0 Å². The van der Waals surface area contributed by atoms with Gasteiger partial charge in [-0.3, -0.25) is 4.99 Å². The van der Waals surface area contributed by atoms with Crippen molar-refractivity contribution >= 4 is 5.96 Å². The SMILES string of the molecule is CN=C(NCCc1nc(C)no1)NCc1cccc(F)c1. The zero-order valence-corrected chi connectivity index (χ0v) is 12.1. The van der Waals surface area contributed by atoms with E-state index in [1.807, 2.05) is 6.07 Å². The summed E-state index contributed by atoms with van der Waals surface area (Å²) >= 11 is 0. The van der Waals surface area contributed by atoms with Crippen molar-refractivity contribution in [1.82, 2.24) is 20.8 Å². The summed E-state index contributed by atoms with van der Waals surface area (Å²) < 4.78 is 18.1. The van der Waals surface area contributed by atoms with Gasteiger partial charge in [0.1, 0.15) is 5.82 Å². The Kier molecular flexibility index (Phi) is 5.25. The first-order valence-corrected chi connectivity index (χ1v) is 6.65. The Balaban J connectivity index is 1.76. The molecule has 1 heterocycles. The maximum atomic E-state index is 13.1. The van der Waals surface area contributed by atoms with Gasteiger partial charge in [0.25, 0.3) is 0 Å². The summed E-state index contributed by atoms with van der Waals surface area (Å²) in [7, 11) is 1.68. The molecule has 2 aromatic rings. The minimum absolute atomic E-state index is 0.246. The van der Waals surface area contributed by atoms with Crippen LogP contribution in [0.3, 0.4) is 0 Å².